The van der Waals surface area contributed by atoms with E-state index < -0.39 is 0 Å². The third-order valence-electron chi connectivity index (χ3n) is 3.44. The van der Waals surface area contributed by atoms with Crippen molar-refractivity contribution in [2.24, 2.45) is 0 Å². The van der Waals surface area contributed by atoms with Gasteiger partial charge in [0, 0.05) is 23.9 Å². The Hall–Kier alpha value is -2.74. The van der Waals surface area contributed by atoms with Gasteiger partial charge >= 0.3 is 0 Å². The Morgan fingerprint density at radius 3 is 3.00 bits per heavy atom. The van der Waals surface area contributed by atoms with Crippen LogP contribution in [0.4, 0.5) is 0 Å². The highest BCUT2D eigenvalue weighted by molar-refractivity contribution is 5.92. The second-order valence-corrected chi connectivity index (χ2v) is 4.93. The van der Waals surface area contributed by atoms with E-state index >= 15 is 0 Å². The summed E-state index contributed by atoms with van der Waals surface area (Å²) in [6.45, 7) is 1.98. The van der Waals surface area contributed by atoms with Crippen LogP contribution in [0.5, 0.6) is 0 Å². The Morgan fingerprint density at radius 1 is 1.29 bits per heavy atom. The van der Waals surface area contributed by atoms with Gasteiger partial charge in [-0.1, -0.05) is 36.3 Å². The van der Waals surface area contributed by atoms with Crippen molar-refractivity contribution in [3.8, 4) is 17.6 Å². The van der Waals surface area contributed by atoms with E-state index in [1.54, 1.807) is 6.20 Å². The van der Waals surface area contributed by atoms with E-state index in [1.807, 2.05) is 37.3 Å². The minimum Gasteiger partial charge on any atom is -0.339 e. The average Bonchev–Trinajstić information content (AvgIpc) is 3.02. The lowest BCUT2D eigenvalue weighted by molar-refractivity contribution is 0.355. The molecule has 0 amide bonds. The second-order valence-electron chi connectivity index (χ2n) is 4.93. The van der Waals surface area contributed by atoms with E-state index in [9.17, 15) is 0 Å². The summed E-state index contributed by atoms with van der Waals surface area (Å²) in [6.07, 6.45) is 2.93. The van der Waals surface area contributed by atoms with E-state index in [1.165, 1.54) is 0 Å². The second kappa shape index (κ2) is 5.71. The maximum absolute atomic E-state index is 8.64. The number of hydrogen-bond donors (Lipinski definition) is 0. The zero-order valence-corrected chi connectivity index (χ0v) is 11.7. The van der Waals surface area contributed by atoms with Gasteiger partial charge in [0.05, 0.1) is 6.07 Å². The van der Waals surface area contributed by atoms with Crippen LogP contribution in [-0.2, 0) is 0 Å². The molecule has 5 heteroatoms. The molecule has 3 aromatic rings. The van der Waals surface area contributed by atoms with Gasteiger partial charge in [0.15, 0.2) is 0 Å². The van der Waals surface area contributed by atoms with Crippen LogP contribution in [0.1, 0.15) is 31.6 Å². The van der Waals surface area contributed by atoms with Gasteiger partial charge in [0.1, 0.15) is 5.69 Å². The summed E-state index contributed by atoms with van der Waals surface area (Å²) in [5.74, 6) is 1.11. The fourth-order valence-electron chi connectivity index (χ4n) is 2.23. The molecule has 5 nitrogen and oxygen atoms in total. The molecule has 0 aliphatic heterocycles. The van der Waals surface area contributed by atoms with Crippen LogP contribution >= 0.6 is 0 Å². The molecule has 3 rings (SSSR count). The van der Waals surface area contributed by atoms with Crippen molar-refractivity contribution in [1.29, 1.82) is 5.26 Å². The molecule has 2 heterocycles. The van der Waals surface area contributed by atoms with E-state index in [-0.39, 0.29) is 5.92 Å². The van der Waals surface area contributed by atoms with Gasteiger partial charge in [-0.05, 0) is 17.9 Å². The number of hydrogen-bond acceptors (Lipinski definition) is 5. The topological polar surface area (TPSA) is 75.6 Å². The highest BCUT2D eigenvalue weighted by Gasteiger charge is 2.17. The number of rotatable bonds is 4. The molecule has 0 spiro atoms. The number of aromatic nitrogens is 3. The number of nitrogens with zero attached hydrogens (tertiary/aromatic N) is 4. The molecule has 1 unspecified atom stereocenters. The molecule has 0 fully saturated rings. The van der Waals surface area contributed by atoms with Gasteiger partial charge in [-0.25, -0.2) is 0 Å². The molecule has 0 aliphatic carbocycles. The summed E-state index contributed by atoms with van der Waals surface area (Å²) in [5.41, 5.74) is 0.718. The monoisotopic (exact) mass is 278 g/mol. The molecule has 0 radical (unpaired) electrons. The van der Waals surface area contributed by atoms with Crippen molar-refractivity contribution in [2.45, 2.75) is 25.7 Å². The Balaban J connectivity index is 1.97. The first-order valence-corrected chi connectivity index (χ1v) is 6.84. The zero-order valence-electron chi connectivity index (χ0n) is 11.7. The minimum atomic E-state index is 0.0703. The normalized spacial score (nSPS) is 12.2. The molecule has 2 aromatic heterocycles. The van der Waals surface area contributed by atoms with Crippen molar-refractivity contribution in [1.82, 2.24) is 15.1 Å². The van der Waals surface area contributed by atoms with Gasteiger partial charge in [0.25, 0.3) is 0 Å². The van der Waals surface area contributed by atoms with Crippen molar-refractivity contribution >= 4 is 10.8 Å². The lowest BCUT2D eigenvalue weighted by atomic mass is 10.1. The van der Waals surface area contributed by atoms with Gasteiger partial charge in [-0.3, -0.25) is 4.98 Å². The number of nitriles is 1. The van der Waals surface area contributed by atoms with Gasteiger partial charge in [0.2, 0.25) is 11.7 Å². The Morgan fingerprint density at radius 2 is 2.14 bits per heavy atom. The van der Waals surface area contributed by atoms with Crippen LogP contribution in [-0.4, -0.2) is 15.1 Å². The van der Waals surface area contributed by atoms with Crippen molar-refractivity contribution in [2.75, 3.05) is 0 Å². The maximum atomic E-state index is 8.64. The van der Waals surface area contributed by atoms with Crippen LogP contribution in [0.15, 0.2) is 41.1 Å². The van der Waals surface area contributed by atoms with Crippen molar-refractivity contribution in [3.63, 3.8) is 0 Å². The molecule has 0 saturated carbocycles. The smallest absolute Gasteiger partial charge is 0.229 e. The van der Waals surface area contributed by atoms with E-state index in [0.29, 0.717) is 24.6 Å². The first-order valence-electron chi connectivity index (χ1n) is 6.84. The molecule has 0 N–H and O–H groups in total. The van der Waals surface area contributed by atoms with Crippen LogP contribution in [0, 0.1) is 11.3 Å². The Labute approximate surface area is 122 Å². The Bertz CT molecular complexity index is 798. The Kier molecular flexibility index (Phi) is 3.61. The molecule has 1 atom stereocenters. The number of benzene rings is 1. The lowest BCUT2D eigenvalue weighted by Gasteiger charge is -2.02. The molecule has 1 aromatic carbocycles. The van der Waals surface area contributed by atoms with E-state index in [0.717, 1.165) is 16.5 Å². The molecule has 21 heavy (non-hydrogen) atoms. The van der Waals surface area contributed by atoms with Crippen LogP contribution < -0.4 is 0 Å². The maximum Gasteiger partial charge on any atom is 0.229 e. The summed E-state index contributed by atoms with van der Waals surface area (Å²) in [5, 5.41) is 14.8. The predicted octanol–water partition coefficient (Wildman–Crippen LogP) is 3.69. The first-order chi connectivity index (χ1) is 10.3. The molecule has 0 aliphatic rings. The number of pyridine rings is 1. The average molecular weight is 278 g/mol. The molecule has 104 valence electrons. The lowest BCUT2D eigenvalue weighted by Crippen LogP contribution is -1.94. The third kappa shape index (κ3) is 2.61. The van der Waals surface area contributed by atoms with Gasteiger partial charge in [-0.2, -0.15) is 10.2 Å². The minimum absolute atomic E-state index is 0.0703. The van der Waals surface area contributed by atoms with Gasteiger partial charge in [-0.15, -0.1) is 0 Å². The third-order valence-corrected chi connectivity index (χ3v) is 3.44. The largest absolute Gasteiger partial charge is 0.339 e. The number of fused-ring (bicyclic) bond motifs is 1. The quantitative estimate of drug-likeness (QED) is 0.727. The highest BCUT2D eigenvalue weighted by atomic mass is 16.5. The summed E-state index contributed by atoms with van der Waals surface area (Å²) in [6, 6.07) is 12.0. The standard InChI is InChI=1S/C16H14N4O/c1-11(5-4-9-17)16-19-15(20-21-16)14-13-7-3-2-6-12(13)8-10-18-14/h2-3,6-8,10-11H,4-5H2,1H3. The molecular formula is C16H14N4O. The fourth-order valence-corrected chi connectivity index (χ4v) is 2.23. The molecule has 0 saturated heterocycles. The summed E-state index contributed by atoms with van der Waals surface area (Å²) < 4.78 is 5.32. The predicted molar refractivity (Wildman–Crippen MR) is 78.3 cm³/mol. The summed E-state index contributed by atoms with van der Waals surface area (Å²) in [4.78, 5) is 8.81. The van der Waals surface area contributed by atoms with Crippen molar-refractivity contribution in [3.05, 3.63) is 42.4 Å². The highest BCUT2D eigenvalue weighted by Crippen LogP contribution is 2.26. The SMILES string of the molecule is CC(CCC#N)c1nc(-c2nccc3ccccc23)no1. The fraction of sp³-hybridized carbons (Fsp3) is 0.250. The molecular weight excluding hydrogens is 264 g/mol. The zero-order chi connectivity index (χ0) is 14.7. The van der Waals surface area contributed by atoms with Gasteiger partial charge < -0.3 is 4.52 Å². The summed E-state index contributed by atoms with van der Waals surface area (Å²) >= 11 is 0. The van der Waals surface area contributed by atoms with E-state index in [4.69, 9.17) is 9.78 Å². The van der Waals surface area contributed by atoms with E-state index in [2.05, 4.69) is 21.2 Å². The van der Waals surface area contributed by atoms with Crippen LogP contribution in [0.25, 0.3) is 22.3 Å². The molecule has 0 bridgehead atoms. The van der Waals surface area contributed by atoms with Crippen LogP contribution in [0.3, 0.4) is 0 Å². The summed E-state index contributed by atoms with van der Waals surface area (Å²) in [7, 11) is 0. The van der Waals surface area contributed by atoms with Crippen molar-refractivity contribution < 1.29 is 4.52 Å². The first kappa shape index (κ1) is 13.3. The van der Waals surface area contributed by atoms with Crippen LogP contribution in [0.2, 0.25) is 0 Å².